The van der Waals surface area contributed by atoms with Gasteiger partial charge in [-0.1, -0.05) is 0 Å². The Bertz CT molecular complexity index is 548. The van der Waals surface area contributed by atoms with Crippen molar-refractivity contribution < 1.29 is 27.9 Å². The molecule has 1 amide bonds. The number of nitrogens with zero attached hydrogens (tertiary/aromatic N) is 2. The average Bonchev–Trinajstić information content (AvgIpc) is 3.31. The van der Waals surface area contributed by atoms with Crippen LogP contribution < -0.4 is 5.32 Å². The van der Waals surface area contributed by atoms with E-state index in [0.29, 0.717) is 38.1 Å². The fourth-order valence-corrected chi connectivity index (χ4v) is 4.14. The lowest BCUT2D eigenvalue weighted by atomic mass is 9.84. The van der Waals surface area contributed by atoms with Gasteiger partial charge >= 0.3 is 12.1 Å². The Kier molecular flexibility index (Phi) is 6.30. The molecule has 9 heteroatoms. The van der Waals surface area contributed by atoms with Crippen LogP contribution in [0, 0.1) is 11.8 Å². The standard InChI is InChI=1S/C18H28F3N3O3/c19-18(20,21)11-23-5-1-2-13(9-23)17(27)22-14-6-15(7-14)24(10-16(25)26)8-12-3-4-12/h12-15H,1-11H2,(H,22,27)(H,25,26). The summed E-state index contributed by atoms with van der Waals surface area (Å²) in [4.78, 5) is 26.8. The molecule has 0 bridgehead atoms. The number of hydrogen-bond acceptors (Lipinski definition) is 4. The minimum absolute atomic E-state index is 0.00371. The Balaban J connectivity index is 1.42. The molecular formula is C18H28F3N3O3. The highest BCUT2D eigenvalue weighted by Crippen LogP contribution is 2.34. The number of hydrogen-bond donors (Lipinski definition) is 2. The summed E-state index contributed by atoms with van der Waals surface area (Å²) in [5.41, 5.74) is 0. The van der Waals surface area contributed by atoms with Crippen molar-refractivity contribution >= 4 is 11.9 Å². The van der Waals surface area contributed by atoms with Gasteiger partial charge in [-0.3, -0.25) is 19.4 Å². The molecule has 6 nitrogen and oxygen atoms in total. The van der Waals surface area contributed by atoms with Crippen LogP contribution in [-0.4, -0.2) is 77.8 Å². The smallest absolute Gasteiger partial charge is 0.401 e. The molecule has 27 heavy (non-hydrogen) atoms. The zero-order valence-electron chi connectivity index (χ0n) is 15.4. The highest BCUT2D eigenvalue weighted by molar-refractivity contribution is 5.79. The predicted molar refractivity (Wildman–Crippen MR) is 92.1 cm³/mol. The van der Waals surface area contributed by atoms with Gasteiger partial charge in [-0.25, -0.2) is 0 Å². The molecule has 0 spiro atoms. The van der Waals surface area contributed by atoms with Crippen LogP contribution in [0.1, 0.15) is 38.5 Å². The molecule has 0 radical (unpaired) electrons. The number of likely N-dealkylation sites (tertiary alicyclic amines) is 1. The highest BCUT2D eigenvalue weighted by atomic mass is 19.4. The lowest BCUT2D eigenvalue weighted by Gasteiger charge is -2.43. The summed E-state index contributed by atoms with van der Waals surface area (Å²) in [7, 11) is 0. The van der Waals surface area contributed by atoms with Crippen LogP contribution in [0.3, 0.4) is 0 Å². The van der Waals surface area contributed by atoms with E-state index < -0.39 is 24.6 Å². The first-order valence-electron chi connectivity index (χ1n) is 9.75. The molecule has 1 saturated heterocycles. The highest BCUT2D eigenvalue weighted by Gasteiger charge is 2.39. The van der Waals surface area contributed by atoms with Crippen molar-refractivity contribution in [3.63, 3.8) is 0 Å². The summed E-state index contributed by atoms with van der Waals surface area (Å²) < 4.78 is 37.7. The summed E-state index contributed by atoms with van der Waals surface area (Å²) in [6, 6.07) is 0.163. The molecule has 0 aromatic heterocycles. The van der Waals surface area contributed by atoms with Crippen LogP contribution in [0.4, 0.5) is 13.2 Å². The fourth-order valence-electron chi connectivity index (χ4n) is 4.14. The van der Waals surface area contributed by atoms with E-state index in [9.17, 15) is 22.8 Å². The van der Waals surface area contributed by atoms with Crippen molar-refractivity contribution in [3.05, 3.63) is 0 Å². The van der Waals surface area contributed by atoms with Crippen molar-refractivity contribution in [2.24, 2.45) is 11.8 Å². The average molecular weight is 391 g/mol. The number of alkyl halides is 3. The minimum atomic E-state index is -4.24. The van der Waals surface area contributed by atoms with E-state index in [1.165, 1.54) is 4.90 Å². The summed E-state index contributed by atoms with van der Waals surface area (Å²) >= 11 is 0. The van der Waals surface area contributed by atoms with Crippen LogP contribution in [0.25, 0.3) is 0 Å². The third-order valence-corrected chi connectivity index (χ3v) is 5.78. The SMILES string of the molecule is O=C(O)CN(CC1CC1)C1CC(NC(=O)C2CCCN(CC(F)(F)F)C2)C1. The molecule has 1 aliphatic heterocycles. The van der Waals surface area contributed by atoms with Gasteiger partial charge in [-0.05, 0) is 51.0 Å². The van der Waals surface area contributed by atoms with Crippen LogP contribution in [0.2, 0.25) is 0 Å². The van der Waals surface area contributed by atoms with E-state index in [4.69, 9.17) is 5.11 Å². The second kappa shape index (κ2) is 8.34. The lowest BCUT2D eigenvalue weighted by Crippen LogP contribution is -2.57. The summed E-state index contributed by atoms with van der Waals surface area (Å²) in [6.07, 6.45) is 0.695. The van der Waals surface area contributed by atoms with Gasteiger partial charge in [0, 0.05) is 25.2 Å². The van der Waals surface area contributed by atoms with E-state index in [0.717, 1.165) is 19.4 Å². The number of amides is 1. The van der Waals surface area contributed by atoms with Crippen molar-refractivity contribution in [2.75, 3.05) is 32.7 Å². The number of carboxylic acid groups (broad SMARTS) is 1. The minimum Gasteiger partial charge on any atom is -0.480 e. The van der Waals surface area contributed by atoms with Gasteiger partial charge < -0.3 is 10.4 Å². The monoisotopic (exact) mass is 391 g/mol. The van der Waals surface area contributed by atoms with E-state index in [-0.39, 0.29) is 31.1 Å². The Morgan fingerprint density at radius 3 is 2.48 bits per heavy atom. The van der Waals surface area contributed by atoms with Crippen LogP contribution in [-0.2, 0) is 9.59 Å². The number of piperidine rings is 1. The number of nitrogens with one attached hydrogen (secondary N) is 1. The van der Waals surface area contributed by atoms with Gasteiger partial charge in [0.15, 0.2) is 0 Å². The lowest BCUT2D eigenvalue weighted by molar-refractivity contribution is -0.152. The number of halogens is 3. The quantitative estimate of drug-likeness (QED) is 0.659. The first-order valence-corrected chi connectivity index (χ1v) is 9.75. The van der Waals surface area contributed by atoms with Crippen molar-refractivity contribution in [2.45, 2.75) is 56.8 Å². The second-order valence-corrected chi connectivity index (χ2v) is 8.29. The predicted octanol–water partition coefficient (Wildman–Crippen LogP) is 1.70. The maximum Gasteiger partial charge on any atom is 0.401 e. The van der Waals surface area contributed by atoms with Crippen molar-refractivity contribution in [1.82, 2.24) is 15.1 Å². The molecule has 0 aromatic carbocycles. The summed E-state index contributed by atoms with van der Waals surface area (Å²) in [5, 5.41) is 12.0. The maximum absolute atomic E-state index is 12.6. The van der Waals surface area contributed by atoms with Gasteiger partial charge in [-0.15, -0.1) is 0 Å². The van der Waals surface area contributed by atoms with Gasteiger partial charge in [0.2, 0.25) is 5.91 Å². The third kappa shape index (κ3) is 6.34. The van der Waals surface area contributed by atoms with Gasteiger partial charge in [0.25, 0.3) is 0 Å². The molecule has 3 fully saturated rings. The van der Waals surface area contributed by atoms with Crippen molar-refractivity contribution in [3.8, 4) is 0 Å². The van der Waals surface area contributed by atoms with Crippen LogP contribution in [0.15, 0.2) is 0 Å². The molecule has 3 rings (SSSR count). The molecule has 0 aromatic rings. The van der Waals surface area contributed by atoms with E-state index >= 15 is 0 Å². The Hall–Kier alpha value is -1.35. The first kappa shape index (κ1) is 20.4. The molecule has 1 heterocycles. The topological polar surface area (TPSA) is 72.9 Å². The summed E-state index contributed by atoms with van der Waals surface area (Å²) in [5.74, 6) is -0.811. The van der Waals surface area contributed by atoms with E-state index in [2.05, 4.69) is 5.32 Å². The number of carboxylic acids is 1. The maximum atomic E-state index is 12.6. The molecule has 3 aliphatic rings. The molecule has 154 valence electrons. The normalized spacial score (nSPS) is 29.4. The van der Waals surface area contributed by atoms with Gasteiger partial charge in [0.05, 0.1) is 19.0 Å². The molecule has 2 aliphatic carbocycles. The Morgan fingerprint density at radius 2 is 1.89 bits per heavy atom. The zero-order valence-corrected chi connectivity index (χ0v) is 15.4. The Labute approximate surface area is 157 Å². The number of carbonyl (C=O) groups is 2. The molecule has 1 atom stereocenters. The van der Waals surface area contributed by atoms with Crippen LogP contribution >= 0.6 is 0 Å². The third-order valence-electron chi connectivity index (χ3n) is 5.78. The number of aliphatic carboxylic acids is 1. The van der Waals surface area contributed by atoms with Gasteiger partial charge in [-0.2, -0.15) is 13.2 Å². The van der Waals surface area contributed by atoms with E-state index in [1.807, 2.05) is 4.90 Å². The fraction of sp³-hybridized carbons (Fsp3) is 0.889. The first-order chi connectivity index (χ1) is 12.7. The molecule has 1 unspecified atom stereocenters. The molecule has 2 N–H and O–H groups in total. The Morgan fingerprint density at radius 1 is 1.19 bits per heavy atom. The molecular weight excluding hydrogens is 363 g/mol. The number of carbonyl (C=O) groups excluding carboxylic acids is 1. The zero-order chi connectivity index (χ0) is 19.6. The largest absolute Gasteiger partial charge is 0.480 e. The van der Waals surface area contributed by atoms with Crippen LogP contribution in [0.5, 0.6) is 0 Å². The molecule has 2 saturated carbocycles. The van der Waals surface area contributed by atoms with Gasteiger partial charge in [0.1, 0.15) is 0 Å². The number of rotatable bonds is 8. The van der Waals surface area contributed by atoms with Crippen molar-refractivity contribution in [1.29, 1.82) is 0 Å². The summed E-state index contributed by atoms with van der Waals surface area (Å²) in [6.45, 7) is 0.380. The van der Waals surface area contributed by atoms with E-state index in [1.54, 1.807) is 0 Å². The second-order valence-electron chi connectivity index (χ2n) is 8.29.